The Kier molecular flexibility index (Phi) is 5.23. The first-order valence-corrected chi connectivity index (χ1v) is 9.89. The first-order valence-electron chi connectivity index (χ1n) is 9.02. The van der Waals surface area contributed by atoms with Crippen molar-refractivity contribution < 1.29 is 4.74 Å². The number of allylic oxidation sites excluding steroid dienone is 1. The summed E-state index contributed by atoms with van der Waals surface area (Å²) in [7, 11) is 1.64. The van der Waals surface area contributed by atoms with E-state index >= 15 is 0 Å². The van der Waals surface area contributed by atoms with Crippen LogP contribution in [0.15, 0.2) is 66.2 Å². The van der Waals surface area contributed by atoms with Crippen molar-refractivity contribution in [1.29, 1.82) is 5.26 Å². The minimum Gasteiger partial charge on any atom is -0.497 e. The van der Waals surface area contributed by atoms with Crippen LogP contribution >= 0.6 is 11.3 Å². The monoisotopic (exact) mass is 398 g/mol. The lowest BCUT2D eigenvalue weighted by atomic mass is 10.1. The van der Waals surface area contributed by atoms with Gasteiger partial charge in [-0.25, -0.2) is 9.67 Å². The van der Waals surface area contributed by atoms with Crippen molar-refractivity contribution in [3.05, 3.63) is 82.4 Å². The number of rotatable bonds is 5. The lowest BCUT2D eigenvalue weighted by Crippen LogP contribution is -1.94. The molecule has 2 heterocycles. The van der Waals surface area contributed by atoms with Gasteiger partial charge in [-0.3, -0.25) is 0 Å². The van der Waals surface area contributed by atoms with Crippen LogP contribution in [0.4, 0.5) is 0 Å². The van der Waals surface area contributed by atoms with Crippen LogP contribution in [-0.2, 0) is 0 Å². The molecular formula is C23H18N4OS. The molecule has 0 amide bonds. The predicted molar refractivity (Wildman–Crippen MR) is 116 cm³/mol. The molecule has 4 rings (SSSR count). The standard InChI is InChI=1S/C23H18N4OS/c1-16-15-29-23(25-16)18(13-24)12-19-14-27(20-6-4-3-5-7-20)26-22(19)17-8-10-21(28-2)11-9-17/h3-12,14-15H,1-2H3/b18-12+. The van der Waals surface area contributed by atoms with Gasteiger partial charge in [0.1, 0.15) is 16.8 Å². The fourth-order valence-corrected chi connectivity index (χ4v) is 3.72. The quantitative estimate of drug-likeness (QED) is 0.424. The average molecular weight is 398 g/mol. The van der Waals surface area contributed by atoms with Crippen LogP contribution in [0.1, 0.15) is 16.3 Å². The highest BCUT2D eigenvalue weighted by molar-refractivity contribution is 7.11. The number of ether oxygens (including phenoxy) is 1. The summed E-state index contributed by atoms with van der Waals surface area (Å²) in [4.78, 5) is 4.45. The molecular weight excluding hydrogens is 380 g/mol. The van der Waals surface area contributed by atoms with Crippen LogP contribution in [0.25, 0.3) is 28.6 Å². The third-order valence-corrected chi connectivity index (χ3v) is 5.39. The molecule has 0 N–H and O–H groups in total. The largest absolute Gasteiger partial charge is 0.497 e. The van der Waals surface area contributed by atoms with Crippen molar-refractivity contribution in [3.8, 4) is 28.8 Å². The minimum atomic E-state index is 0.519. The molecule has 0 spiro atoms. The van der Waals surface area contributed by atoms with E-state index < -0.39 is 0 Å². The van der Waals surface area contributed by atoms with Gasteiger partial charge in [-0.1, -0.05) is 18.2 Å². The smallest absolute Gasteiger partial charge is 0.134 e. The van der Waals surface area contributed by atoms with Crippen molar-refractivity contribution in [3.63, 3.8) is 0 Å². The van der Waals surface area contributed by atoms with E-state index in [1.54, 1.807) is 7.11 Å². The average Bonchev–Trinajstić information content (AvgIpc) is 3.39. The van der Waals surface area contributed by atoms with Crippen molar-refractivity contribution >= 4 is 23.0 Å². The minimum absolute atomic E-state index is 0.519. The fraction of sp³-hybridized carbons (Fsp3) is 0.0870. The van der Waals surface area contributed by atoms with Gasteiger partial charge in [0, 0.05) is 28.4 Å². The van der Waals surface area contributed by atoms with Gasteiger partial charge >= 0.3 is 0 Å². The molecule has 0 fully saturated rings. The number of aryl methyl sites for hydroxylation is 1. The highest BCUT2D eigenvalue weighted by Crippen LogP contribution is 2.29. The fourth-order valence-electron chi connectivity index (χ4n) is 2.95. The maximum atomic E-state index is 9.71. The summed E-state index contributed by atoms with van der Waals surface area (Å²) in [5.74, 6) is 0.782. The van der Waals surface area contributed by atoms with Gasteiger partial charge in [-0.15, -0.1) is 11.3 Å². The van der Waals surface area contributed by atoms with Crippen LogP contribution in [0.2, 0.25) is 0 Å². The Hall–Kier alpha value is -3.69. The van der Waals surface area contributed by atoms with E-state index in [9.17, 15) is 5.26 Å². The molecule has 142 valence electrons. The molecule has 0 atom stereocenters. The first kappa shape index (κ1) is 18.7. The van der Waals surface area contributed by atoms with Crippen LogP contribution in [0.5, 0.6) is 5.75 Å². The molecule has 0 aliphatic heterocycles. The van der Waals surface area contributed by atoms with Gasteiger partial charge in [0.25, 0.3) is 0 Å². The Morgan fingerprint density at radius 3 is 2.52 bits per heavy atom. The number of hydrogen-bond donors (Lipinski definition) is 0. The first-order chi connectivity index (χ1) is 14.2. The second-order valence-electron chi connectivity index (χ2n) is 6.41. The molecule has 4 aromatic rings. The number of nitrogens with zero attached hydrogens (tertiary/aromatic N) is 4. The summed E-state index contributed by atoms with van der Waals surface area (Å²) in [6.45, 7) is 1.92. The summed E-state index contributed by atoms with van der Waals surface area (Å²) in [5.41, 5.74) is 4.96. The Morgan fingerprint density at radius 1 is 1.14 bits per heavy atom. The Balaban J connectivity index is 1.85. The van der Waals surface area contributed by atoms with E-state index in [0.29, 0.717) is 10.6 Å². The molecule has 0 saturated heterocycles. The molecule has 0 saturated carbocycles. The highest BCUT2D eigenvalue weighted by atomic mass is 32.1. The topological polar surface area (TPSA) is 63.7 Å². The molecule has 0 unspecified atom stereocenters. The zero-order valence-electron chi connectivity index (χ0n) is 16.0. The van der Waals surface area contributed by atoms with Gasteiger partial charge in [0.2, 0.25) is 0 Å². The lowest BCUT2D eigenvalue weighted by molar-refractivity contribution is 0.415. The Labute approximate surface area is 173 Å². The van der Waals surface area contributed by atoms with Crippen molar-refractivity contribution in [2.75, 3.05) is 7.11 Å². The molecule has 0 aliphatic rings. The van der Waals surface area contributed by atoms with Gasteiger partial charge in [0.05, 0.1) is 24.1 Å². The number of benzene rings is 2. The summed E-state index contributed by atoms with van der Waals surface area (Å²) < 4.78 is 7.09. The van der Waals surface area contributed by atoms with E-state index in [0.717, 1.165) is 34.0 Å². The molecule has 2 aromatic carbocycles. The van der Waals surface area contributed by atoms with Crippen LogP contribution in [-0.4, -0.2) is 21.9 Å². The van der Waals surface area contributed by atoms with Crippen molar-refractivity contribution in [1.82, 2.24) is 14.8 Å². The molecule has 0 radical (unpaired) electrons. The van der Waals surface area contributed by atoms with Gasteiger partial charge in [-0.2, -0.15) is 10.4 Å². The van der Waals surface area contributed by atoms with E-state index in [1.165, 1.54) is 11.3 Å². The number of aromatic nitrogens is 3. The summed E-state index contributed by atoms with van der Waals surface area (Å²) in [5, 5.41) is 17.2. The normalized spacial score (nSPS) is 11.3. The number of methoxy groups -OCH3 is 1. The van der Waals surface area contributed by atoms with Gasteiger partial charge in [-0.05, 0) is 49.4 Å². The van der Waals surface area contributed by atoms with E-state index in [4.69, 9.17) is 9.84 Å². The van der Waals surface area contributed by atoms with Gasteiger partial charge in [0.15, 0.2) is 0 Å². The zero-order valence-corrected chi connectivity index (χ0v) is 16.9. The number of thiazole rings is 1. The van der Waals surface area contributed by atoms with E-state index in [1.807, 2.05) is 83.9 Å². The number of para-hydroxylation sites is 1. The van der Waals surface area contributed by atoms with E-state index in [2.05, 4.69) is 11.1 Å². The summed E-state index contributed by atoms with van der Waals surface area (Å²) in [6, 6.07) is 19.9. The molecule has 0 bridgehead atoms. The van der Waals surface area contributed by atoms with Crippen LogP contribution in [0, 0.1) is 18.3 Å². The Bertz CT molecular complexity index is 1200. The number of nitriles is 1. The van der Waals surface area contributed by atoms with Crippen LogP contribution in [0.3, 0.4) is 0 Å². The summed E-state index contributed by atoms with van der Waals surface area (Å²) in [6.07, 6.45) is 3.79. The maximum Gasteiger partial charge on any atom is 0.134 e. The van der Waals surface area contributed by atoms with Crippen molar-refractivity contribution in [2.45, 2.75) is 6.92 Å². The highest BCUT2D eigenvalue weighted by Gasteiger charge is 2.14. The van der Waals surface area contributed by atoms with Crippen LogP contribution < -0.4 is 4.74 Å². The predicted octanol–water partition coefficient (Wildman–Crippen LogP) is 5.38. The van der Waals surface area contributed by atoms with Gasteiger partial charge < -0.3 is 4.74 Å². The molecule has 2 aromatic heterocycles. The van der Waals surface area contributed by atoms with Crippen molar-refractivity contribution in [2.24, 2.45) is 0 Å². The molecule has 5 nitrogen and oxygen atoms in total. The zero-order chi connectivity index (χ0) is 20.2. The Morgan fingerprint density at radius 2 is 1.90 bits per heavy atom. The lowest BCUT2D eigenvalue weighted by Gasteiger charge is -2.03. The third kappa shape index (κ3) is 3.96. The maximum absolute atomic E-state index is 9.71. The SMILES string of the molecule is COc1ccc(-c2nn(-c3ccccc3)cc2/C=C(\C#N)c2nc(C)cs2)cc1. The molecule has 29 heavy (non-hydrogen) atoms. The second-order valence-corrected chi connectivity index (χ2v) is 7.26. The second kappa shape index (κ2) is 8.13. The summed E-state index contributed by atoms with van der Waals surface area (Å²) >= 11 is 1.47. The third-order valence-electron chi connectivity index (χ3n) is 4.40. The molecule has 6 heteroatoms. The number of hydrogen-bond acceptors (Lipinski definition) is 5. The van der Waals surface area contributed by atoms with E-state index in [-0.39, 0.29) is 0 Å². The molecule has 0 aliphatic carbocycles.